The van der Waals surface area contributed by atoms with Crippen molar-refractivity contribution in [2.24, 2.45) is 11.1 Å². The number of nitrogens with zero attached hydrogens (tertiary/aromatic N) is 3. The van der Waals surface area contributed by atoms with Crippen LogP contribution in [0.25, 0.3) is 0 Å². The molecule has 1 aromatic carbocycles. The van der Waals surface area contributed by atoms with E-state index in [0.29, 0.717) is 12.4 Å². The van der Waals surface area contributed by atoms with E-state index in [1.807, 2.05) is 12.1 Å². The number of amides is 2. The van der Waals surface area contributed by atoms with Crippen molar-refractivity contribution in [3.05, 3.63) is 52.2 Å². The van der Waals surface area contributed by atoms with Gasteiger partial charge in [0, 0.05) is 17.9 Å². The Morgan fingerprint density at radius 2 is 2.08 bits per heavy atom. The molecule has 4 aliphatic rings. The predicted octanol–water partition coefficient (Wildman–Crippen LogP) is 1.66. The highest BCUT2D eigenvalue weighted by Gasteiger charge is 2.63. The van der Waals surface area contributed by atoms with Crippen LogP contribution in [0.15, 0.2) is 46.1 Å². The first kappa shape index (κ1) is 26.6. The number of carbonyl (C=O) groups excluding carboxylic acids is 3. The smallest absolute Gasteiger partial charge is 0.355 e. The van der Waals surface area contributed by atoms with Gasteiger partial charge in [0.15, 0.2) is 10.8 Å². The first-order chi connectivity index (χ1) is 19.4. The predicted molar refractivity (Wildman–Crippen MR) is 146 cm³/mol. The summed E-state index contributed by atoms with van der Waals surface area (Å²) in [6, 6.07) is 6.32. The highest BCUT2D eigenvalue weighted by Crippen LogP contribution is 2.57. The van der Waals surface area contributed by atoms with Gasteiger partial charge in [-0.05, 0) is 36.1 Å². The number of benzene rings is 1. The van der Waals surface area contributed by atoms with Gasteiger partial charge in [-0.3, -0.25) is 14.5 Å². The molecule has 0 radical (unpaired) electrons. The number of β-lactam (4-membered cyclic amide) rings is 1. The number of anilines is 1. The summed E-state index contributed by atoms with van der Waals surface area (Å²) in [5.41, 5.74) is 7.81. The maximum atomic E-state index is 13.5. The molecule has 3 N–H and O–H groups in total. The van der Waals surface area contributed by atoms with Crippen molar-refractivity contribution in [1.29, 1.82) is 0 Å². The molecule has 1 saturated carbocycles. The van der Waals surface area contributed by atoms with Gasteiger partial charge in [-0.1, -0.05) is 17.3 Å². The number of rotatable bonds is 8. The maximum Gasteiger partial charge on any atom is 0.355 e. The Bertz CT molecular complexity index is 1410. The summed E-state index contributed by atoms with van der Waals surface area (Å²) in [6.45, 7) is 0.701. The van der Waals surface area contributed by atoms with E-state index in [0.717, 1.165) is 35.3 Å². The van der Waals surface area contributed by atoms with Crippen molar-refractivity contribution in [2.75, 3.05) is 26.6 Å². The van der Waals surface area contributed by atoms with Crippen molar-refractivity contribution in [1.82, 2.24) is 15.2 Å². The van der Waals surface area contributed by atoms with E-state index in [1.54, 1.807) is 24.6 Å². The van der Waals surface area contributed by atoms with E-state index in [9.17, 15) is 14.4 Å². The molecule has 5 atom stereocenters. The van der Waals surface area contributed by atoms with Crippen molar-refractivity contribution in [3.63, 3.8) is 0 Å². The second-order valence-corrected chi connectivity index (χ2v) is 11.8. The summed E-state index contributed by atoms with van der Waals surface area (Å²) in [4.78, 5) is 50.5. The number of oxime groups is 1. The van der Waals surface area contributed by atoms with E-state index >= 15 is 0 Å². The largest absolute Gasteiger partial charge is 0.497 e. The van der Waals surface area contributed by atoms with Crippen molar-refractivity contribution >= 4 is 51.7 Å². The number of ether oxygens (including phenoxy) is 3. The Kier molecular flexibility index (Phi) is 7.15. The molecule has 0 bridgehead atoms. The van der Waals surface area contributed by atoms with Crippen LogP contribution in [-0.2, 0) is 35.3 Å². The molecule has 3 fully saturated rings. The minimum absolute atomic E-state index is 0.0441. The van der Waals surface area contributed by atoms with Gasteiger partial charge in [-0.25, -0.2) is 9.78 Å². The van der Waals surface area contributed by atoms with Gasteiger partial charge >= 0.3 is 5.97 Å². The van der Waals surface area contributed by atoms with Crippen LogP contribution in [0, 0.1) is 5.92 Å². The van der Waals surface area contributed by atoms with Gasteiger partial charge < -0.3 is 30.1 Å². The third-order valence-corrected chi connectivity index (χ3v) is 9.64. The number of hydrogen-bond donors (Lipinski definition) is 2. The number of carbonyl (C=O) groups is 3. The monoisotopic (exact) mass is 585 g/mol. The van der Waals surface area contributed by atoms with Gasteiger partial charge in [0.1, 0.15) is 42.3 Å². The minimum Gasteiger partial charge on any atom is -0.497 e. The molecule has 14 heteroatoms. The molecular formula is C26H27N5O7S2. The molecule has 6 rings (SSSR count). The Morgan fingerprint density at radius 3 is 2.77 bits per heavy atom. The van der Waals surface area contributed by atoms with Crippen LogP contribution in [-0.4, -0.2) is 77.0 Å². The number of nitrogen functional groups attached to an aromatic ring is 1. The minimum atomic E-state index is -0.885. The Morgan fingerprint density at radius 1 is 1.27 bits per heavy atom. The van der Waals surface area contributed by atoms with Crippen molar-refractivity contribution in [2.45, 2.75) is 42.2 Å². The molecule has 1 aromatic heterocycles. The van der Waals surface area contributed by atoms with Crippen LogP contribution in [0.4, 0.5) is 5.13 Å². The van der Waals surface area contributed by atoms with Crippen LogP contribution in [0.2, 0.25) is 0 Å². The topological polar surface area (TPSA) is 155 Å². The molecule has 1 aliphatic carbocycles. The lowest BCUT2D eigenvalue weighted by Gasteiger charge is -2.59. The second kappa shape index (κ2) is 10.7. The van der Waals surface area contributed by atoms with Crippen LogP contribution in [0.5, 0.6) is 5.75 Å². The standard InChI is InChI=1S/C26H27N5O7S2/c1-35-13-7-5-12(6-8-13)10-38-25(34)19-16-14-4-3-9-37-20(14)21(16)40-24-18(23(33)31(19)24)29-22(32)17(30-36-2)15-11-39-26(27)28-15/h5-8,11,14,18,20-21,24H,3-4,9-10H2,1-2H3,(H2,27,28)(H,29,32)/b30-17-/t14-,18-,20-,21-,24-/m1/s1. The zero-order chi connectivity index (χ0) is 28.0. The average molecular weight is 586 g/mol. The first-order valence-corrected chi connectivity index (χ1v) is 14.5. The van der Waals surface area contributed by atoms with E-state index in [2.05, 4.69) is 15.5 Å². The number of hydrogen-bond acceptors (Lipinski definition) is 12. The van der Waals surface area contributed by atoms with Crippen LogP contribution in [0.3, 0.4) is 0 Å². The van der Waals surface area contributed by atoms with Gasteiger partial charge in [0.05, 0.1) is 18.5 Å². The zero-order valence-electron chi connectivity index (χ0n) is 21.7. The fourth-order valence-electron chi connectivity index (χ4n) is 5.48. The van der Waals surface area contributed by atoms with E-state index in [1.165, 1.54) is 23.8 Å². The van der Waals surface area contributed by atoms with Crippen molar-refractivity contribution < 1.29 is 33.4 Å². The quantitative estimate of drug-likeness (QED) is 0.202. The lowest BCUT2D eigenvalue weighted by atomic mass is 9.70. The molecule has 40 heavy (non-hydrogen) atoms. The highest BCUT2D eigenvalue weighted by molar-refractivity contribution is 8.01. The Hall–Kier alpha value is -3.62. The summed E-state index contributed by atoms with van der Waals surface area (Å²) in [6.07, 6.45) is 1.72. The summed E-state index contributed by atoms with van der Waals surface area (Å²) in [5, 5.41) is 7.78. The first-order valence-electron chi connectivity index (χ1n) is 12.7. The van der Waals surface area contributed by atoms with E-state index in [-0.39, 0.29) is 46.1 Å². The summed E-state index contributed by atoms with van der Waals surface area (Å²) in [7, 11) is 2.89. The normalized spacial score (nSPS) is 26.9. The number of nitrogens with two attached hydrogens (primary N) is 1. The van der Waals surface area contributed by atoms with Gasteiger partial charge in [-0.2, -0.15) is 0 Å². The highest BCUT2D eigenvalue weighted by atomic mass is 32.2. The van der Waals surface area contributed by atoms with Crippen molar-refractivity contribution in [3.8, 4) is 5.75 Å². The third kappa shape index (κ3) is 4.49. The number of thioether (sulfide) groups is 1. The molecule has 4 heterocycles. The van der Waals surface area contributed by atoms with Crippen LogP contribution >= 0.6 is 23.1 Å². The van der Waals surface area contributed by atoms with E-state index in [4.69, 9.17) is 24.8 Å². The van der Waals surface area contributed by atoms with Crippen LogP contribution in [0.1, 0.15) is 24.1 Å². The molecule has 2 aromatic rings. The van der Waals surface area contributed by atoms with Gasteiger partial charge in [0.25, 0.3) is 11.8 Å². The molecule has 210 valence electrons. The second-order valence-electron chi connectivity index (χ2n) is 9.61. The SMILES string of the molecule is CO/N=C(\C(=O)N[C@@H]1C(=O)N2C(C(=O)OCc3ccc(OC)cc3)=C3[C@H]4CCCO[C@H]4[C@@H]3S[C@H]12)c1csc(N)n1. The summed E-state index contributed by atoms with van der Waals surface area (Å²) < 4.78 is 16.9. The third-order valence-electron chi connectivity index (χ3n) is 7.39. The molecule has 2 saturated heterocycles. The molecule has 12 nitrogen and oxygen atoms in total. The number of aromatic nitrogens is 1. The molecular weight excluding hydrogens is 558 g/mol. The molecule has 0 unspecified atom stereocenters. The fraction of sp³-hybridized carbons (Fsp3) is 0.423. The lowest BCUT2D eigenvalue weighted by Crippen LogP contribution is -2.74. The molecule has 3 aliphatic heterocycles. The average Bonchev–Trinajstić information content (AvgIpc) is 3.40. The number of thiazole rings is 1. The van der Waals surface area contributed by atoms with Gasteiger partial charge in [-0.15, -0.1) is 23.1 Å². The Balaban J connectivity index is 1.23. The number of esters is 1. The summed E-state index contributed by atoms with van der Waals surface area (Å²) in [5.74, 6) is -0.841. The maximum absolute atomic E-state index is 13.5. The Labute approximate surface area is 237 Å². The summed E-state index contributed by atoms with van der Waals surface area (Å²) >= 11 is 2.67. The lowest BCUT2D eigenvalue weighted by molar-refractivity contribution is -0.154. The number of methoxy groups -OCH3 is 1. The number of fused-ring (bicyclic) bond motifs is 5. The van der Waals surface area contributed by atoms with Gasteiger partial charge in [0.2, 0.25) is 0 Å². The fourth-order valence-corrected chi connectivity index (χ4v) is 7.86. The van der Waals surface area contributed by atoms with Crippen LogP contribution < -0.4 is 15.8 Å². The molecule has 0 spiro atoms. The van der Waals surface area contributed by atoms with E-state index < -0.39 is 29.2 Å². The zero-order valence-corrected chi connectivity index (χ0v) is 23.3. The molecule has 2 amide bonds. The number of nitrogens with one attached hydrogen (secondary N) is 1.